The molecule has 0 aliphatic heterocycles. The number of carboxylic acid groups (broad SMARTS) is 1. The Bertz CT molecular complexity index is 650. The number of nitrogens with zero attached hydrogens (tertiary/aromatic N) is 1. The summed E-state index contributed by atoms with van der Waals surface area (Å²) in [6.07, 6.45) is 5.98. The fourth-order valence-corrected chi connectivity index (χ4v) is 4.01. The fourth-order valence-electron chi connectivity index (χ4n) is 4.01. The van der Waals surface area contributed by atoms with Crippen molar-refractivity contribution in [3.05, 3.63) is 34.9 Å². The second-order valence-corrected chi connectivity index (χ2v) is 7.30. The number of aryl methyl sites for hydroxylation is 1. The van der Waals surface area contributed by atoms with E-state index >= 15 is 0 Å². The normalized spacial score (nSPS) is 21.7. The van der Waals surface area contributed by atoms with Crippen molar-refractivity contribution >= 4 is 11.9 Å². The topological polar surface area (TPSA) is 69.6 Å². The first-order valence-electron chi connectivity index (χ1n) is 8.76. The highest BCUT2D eigenvalue weighted by molar-refractivity contribution is 5.88. The van der Waals surface area contributed by atoms with Crippen LogP contribution in [-0.2, 0) is 11.2 Å². The summed E-state index contributed by atoms with van der Waals surface area (Å²) in [5, 5.41) is 12.4. The molecular formula is C19H26N2O3. The number of nitrogens with one attached hydrogen (secondary N) is 1. The Morgan fingerprint density at radius 1 is 1.29 bits per heavy atom. The molecule has 2 N–H and O–H groups in total. The van der Waals surface area contributed by atoms with Crippen molar-refractivity contribution in [2.24, 2.45) is 0 Å². The van der Waals surface area contributed by atoms with Gasteiger partial charge in [0, 0.05) is 12.5 Å². The summed E-state index contributed by atoms with van der Waals surface area (Å²) in [5.41, 5.74) is 2.29. The van der Waals surface area contributed by atoms with Gasteiger partial charge >= 0.3 is 5.97 Å². The Morgan fingerprint density at radius 3 is 2.62 bits per heavy atom. The molecule has 5 nitrogen and oxygen atoms in total. The number of likely N-dealkylation sites (N-methyl/N-ethyl adjacent to an activating group) is 1. The van der Waals surface area contributed by atoms with Crippen molar-refractivity contribution in [1.82, 2.24) is 10.2 Å². The van der Waals surface area contributed by atoms with Gasteiger partial charge in [0.25, 0.3) is 0 Å². The van der Waals surface area contributed by atoms with E-state index in [4.69, 9.17) is 0 Å². The third-order valence-electron chi connectivity index (χ3n) is 5.80. The lowest BCUT2D eigenvalue weighted by atomic mass is 9.74. The van der Waals surface area contributed by atoms with Gasteiger partial charge in [-0.2, -0.15) is 0 Å². The average molecular weight is 330 g/mol. The molecule has 2 aliphatic rings. The molecule has 2 aliphatic carbocycles. The van der Waals surface area contributed by atoms with Gasteiger partial charge in [-0.05, 0) is 75.9 Å². The predicted molar refractivity (Wildman–Crippen MR) is 92.4 cm³/mol. The van der Waals surface area contributed by atoms with Crippen LogP contribution in [0.15, 0.2) is 18.2 Å². The van der Waals surface area contributed by atoms with Gasteiger partial charge < -0.3 is 10.4 Å². The second kappa shape index (κ2) is 6.55. The number of aromatic carboxylic acids is 1. The lowest BCUT2D eigenvalue weighted by Gasteiger charge is -2.45. The first-order chi connectivity index (χ1) is 11.4. The van der Waals surface area contributed by atoms with Crippen LogP contribution in [0.3, 0.4) is 0 Å². The van der Waals surface area contributed by atoms with Crippen molar-refractivity contribution in [1.29, 1.82) is 0 Å². The van der Waals surface area contributed by atoms with Crippen LogP contribution in [0.5, 0.6) is 0 Å². The molecule has 130 valence electrons. The number of carbonyl (C=O) groups excluding carboxylic acids is 1. The summed E-state index contributed by atoms with van der Waals surface area (Å²) in [7, 11) is 3.93. The smallest absolute Gasteiger partial charge is 0.335 e. The van der Waals surface area contributed by atoms with Crippen LogP contribution in [0.4, 0.5) is 0 Å². The third kappa shape index (κ3) is 2.93. The summed E-state index contributed by atoms with van der Waals surface area (Å²) in [6.45, 7) is 0.588. The molecule has 1 atom stereocenters. The lowest BCUT2D eigenvalue weighted by Crippen LogP contribution is -2.60. The van der Waals surface area contributed by atoms with E-state index in [1.807, 2.05) is 25.1 Å². The molecule has 0 heterocycles. The van der Waals surface area contributed by atoms with Crippen LogP contribution in [0, 0.1) is 0 Å². The molecule has 1 saturated carbocycles. The van der Waals surface area contributed by atoms with Gasteiger partial charge in [0.2, 0.25) is 5.91 Å². The zero-order chi connectivity index (χ0) is 17.3. The molecule has 0 spiro atoms. The molecule has 1 unspecified atom stereocenters. The third-order valence-corrected chi connectivity index (χ3v) is 5.80. The van der Waals surface area contributed by atoms with E-state index in [0.717, 1.165) is 44.1 Å². The average Bonchev–Trinajstić information content (AvgIpc) is 2.50. The van der Waals surface area contributed by atoms with E-state index in [-0.39, 0.29) is 17.4 Å². The minimum atomic E-state index is -0.896. The highest BCUT2D eigenvalue weighted by atomic mass is 16.4. The number of carboxylic acids is 1. The number of hydrogen-bond acceptors (Lipinski definition) is 3. The van der Waals surface area contributed by atoms with Gasteiger partial charge in [-0.3, -0.25) is 9.69 Å². The first kappa shape index (κ1) is 17.0. The van der Waals surface area contributed by atoms with Crippen LogP contribution >= 0.6 is 0 Å². The molecule has 1 aromatic rings. The highest BCUT2D eigenvalue weighted by Gasteiger charge is 2.46. The Labute approximate surface area is 143 Å². The molecular weight excluding hydrogens is 304 g/mol. The zero-order valence-corrected chi connectivity index (χ0v) is 14.5. The minimum Gasteiger partial charge on any atom is -0.478 e. The maximum atomic E-state index is 12.7. The molecule has 3 rings (SSSR count). The summed E-state index contributed by atoms with van der Waals surface area (Å²) in [5.74, 6) is -0.580. The summed E-state index contributed by atoms with van der Waals surface area (Å²) >= 11 is 0. The Hall–Kier alpha value is -1.88. The molecule has 5 heteroatoms. The van der Waals surface area contributed by atoms with Crippen molar-refractivity contribution in [3.8, 4) is 0 Å². The van der Waals surface area contributed by atoms with E-state index < -0.39 is 5.97 Å². The standard InChI is InChI=1S/C19H26N2O3/c1-21(2)19(9-4-10-19)18(24)20-12-15-6-3-5-13-7-8-14(17(22)23)11-16(13)15/h7-8,11,15H,3-6,9-10,12H2,1-2H3,(H,20,24)(H,22,23). The van der Waals surface area contributed by atoms with Crippen LogP contribution in [0.2, 0.25) is 0 Å². The number of carbonyl (C=O) groups is 2. The molecule has 0 saturated heterocycles. The molecule has 1 amide bonds. The van der Waals surface area contributed by atoms with Crippen molar-refractivity contribution in [2.75, 3.05) is 20.6 Å². The molecule has 1 fully saturated rings. The lowest BCUT2D eigenvalue weighted by molar-refractivity contribution is -0.137. The van der Waals surface area contributed by atoms with E-state index in [1.165, 1.54) is 5.56 Å². The SMILES string of the molecule is CN(C)C1(C(=O)NCC2CCCc3ccc(C(=O)O)cc32)CCC1. The molecule has 0 bridgehead atoms. The maximum Gasteiger partial charge on any atom is 0.335 e. The van der Waals surface area contributed by atoms with Gasteiger partial charge in [-0.1, -0.05) is 6.07 Å². The molecule has 0 radical (unpaired) electrons. The van der Waals surface area contributed by atoms with E-state index in [2.05, 4.69) is 5.32 Å². The number of hydrogen-bond donors (Lipinski definition) is 2. The summed E-state index contributed by atoms with van der Waals surface area (Å²) in [4.78, 5) is 25.9. The van der Waals surface area contributed by atoms with Crippen LogP contribution < -0.4 is 5.32 Å². The number of rotatable bonds is 5. The molecule has 0 aromatic heterocycles. The fraction of sp³-hybridized carbons (Fsp3) is 0.579. The number of fused-ring (bicyclic) bond motifs is 1. The second-order valence-electron chi connectivity index (χ2n) is 7.30. The van der Waals surface area contributed by atoms with Crippen LogP contribution in [0.1, 0.15) is 59.5 Å². The highest BCUT2D eigenvalue weighted by Crippen LogP contribution is 2.37. The zero-order valence-electron chi connectivity index (χ0n) is 14.5. The van der Waals surface area contributed by atoms with E-state index in [1.54, 1.807) is 12.1 Å². The first-order valence-corrected chi connectivity index (χ1v) is 8.76. The van der Waals surface area contributed by atoms with Crippen molar-refractivity contribution in [3.63, 3.8) is 0 Å². The Balaban J connectivity index is 1.72. The van der Waals surface area contributed by atoms with E-state index in [0.29, 0.717) is 12.1 Å². The number of amides is 1. The Morgan fingerprint density at radius 2 is 2.04 bits per heavy atom. The molecule has 24 heavy (non-hydrogen) atoms. The maximum absolute atomic E-state index is 12.7. The monoisotopic (exact) mass is 330 g/mol. The van der Waals surface area contributed by atoms with Gasteiger partial charge in [0.1, 0.15) is 0 Å². The van der Waals surface area contributed by atoms with Crippen molar-refractivity contribution < 1.29 is 14.7 Å². The van der Waals surface area contributed by atoms with Gasteiger partial charge in [-0.25, -0.2) is 4.79 Å². The van der Waals surface area contributed by atoms with Crippen LogP contribution in [-0.4, -0.2) is 48.1 Å². The predicted octanol–water partition coefficient (Wildman–Crippen LogP) is 2.41. The largest absolute Gasteiger partial charge is 0.478 e. The van der Waals surface area contributed by atoms with Crippen LogP contribution in [0.25, 0.3) is 0 Å². The number of benzene rings is 1. The van der Waals surface area contributed by atoms with Gasteiger partial charge in [0.15, 0.2) is 0 Å². The summed E-state index contributed by atoms with van der Waals surface area (Å²) in [6, 6.07) is 5.40. The minimum absolute atomic E-state index is 0.111. The van der Waals surface area contributed by atoms with E-state index in [9.17, 15) is 14.7 Å². The molecule has 1 aromatic carbocycles. The summed E-state index contributed by atoms with van der Waals surface area (Å²) < 4.78 is 0. The van der Waals surface area contributed by atoms with Gasteiger partial charge in [-0.15, -0.1) is 0 Å². The van der Waals surface area contributed by atoms with Gasteiger partial charge in [0.05, 0.1) is 11.1 Å². The Kier molecular flexibility index (Phi) is 4.63. The van der Waals surface area contributed by atoms with Crippen molar-refractivity contribution in [2.45, 2.75) is 50.0 Å². The quantitative estimate of drug-likeness (QED) is 0.870.